The first-order valence-electron chi connectivity index (χ1n) is 9.67. The first kappa shape index (κ1) is 20.4. The number of rotatable bonds is 7. The minimum Gasteiger partial charge on any atom is -0.355 e. The van der Waals surface area contributed by atoms with Crippen molar-refractivity contribution in [3.63, 3.8) is 0 Å². The number of halogens is 3. The molecule has 0 spiro atoms. The number of carbonyl (C=O) groups is 1. The second kappa shape index (κ2) is 9.73. The van der Waals surface area contributed by atoms with Crippen LogP contribution in [0.25, 0.3) is 0 Å². The van der Waals surface area contributed by atoms with Crippen molar-refractivity contribution in [2.45, 2.75) is 25.7 Å². The van der Waals surface area contributed by atoms with E-state index in [9.17, 15) is 18.0 Å². The summed E-state index contributed by atoms with van der Waals surface area (Å²) in [4.78, 5) is 14.2. The van der Waals surface area contributed by atoms with Crippen molar-refractivity contribution in [1.29, 1.82) is 0 Å². The van der Waals surface area contributed by atoms with E-state index in [4.69, 9.17) is 0 Å². The van der Waals surface area contributed by atoms with Gasteiger partial charge in [0, 0.05) is 12.1 Å². The number of hydrogen-bond acceptors (Lipinski definition) is 2. The van der Waals surface area contributed by atoms with Gasteiger partial charge in [0.05, 0.1) is 6.54 Å². The third-order valence-corrected chi connectivity index (χ3v) is 5.27. The second-order valence-corrected chi connectivity index (χ2v) is 7.35. The van der Waals surface area contributed by atoms with Gasteiger partial charge in [0.1, 0.15) is 17.5 Å². The third kappa shape index (κ3) is 5.83. The van der Waals surface area contributed by atoms with Gasteiger partial charge >= 0.3 is 0 Å². The lowest BCUT2D eigenvalue weighted by Gasteiger charge is -2.31. The summed E-state index contributed by atoms with van der Waals surface area (Å²) in [6.45, 7) is 2.17. The fourth-order valence-corrected chi connectivity index (χ4v) is 3.66. The molecule has 0 atom stereocenters. The molecule has 1 N–H and O–H groups in total. The summed E-state index contributed by atoms with van der Waals surface area (Å²) < 4.78 is 40.1. The lowest BCUT2D eigenvalue weighted by Crippen LogP contribution is -2.42. The Labute approximate surface area is 163 Å². The van der Waals surface area contributed by atoms with Crippen molar-refractivity contribution in [2.24, 2.45) is 5.92 Å². The Kier molecular flexibility index (Phi) is 7.09. The van der Waals surface area contributed by atoms with E-state index in [2.05, 4.69) is 10.2 Å². The van der Waals surface area contributed by atoms with Gasteiger partial charge in [-0.15, -0.1) is 0 Å². The quantitative estimate of drug-likeness (QED) is 0.782. The summed E-state index contributed by atoms with van der Waals surface area (Å²) in [6, 6.07) is 10.4. The zero-order chi connectivity index (χ0) is 19.9. The molecule has 0 aliphatic carbocycles. The summed E-state index contributed by atoms with van der Waals surface area (Å²) >= 11 is 0. The molecule has 150 valence electrons. The second-order valence-electron chi connectivity index (χ2n) is 7.35. The predicted octanol–water partition coefficient (Wildman–Crippen LogP) is 3.72. The Balaban J connectivity index is 1.36. The summed E-state index contributed by atoms with van der Waals surface area (Å²) in [6.07, 6.45) is 3.04. The molecule has 0 unspecified atom stereocenters. The largest absolute Gasteiger partial charge is 0.355 e. The smallest absolute Gasteiger partial charge is 0.234 e. The maximum absolute atomic E-state index is 13.6. The van der Waals surface area contributed by atoms with Crippen LogP contribution in [0.5, 0.6) is 0 Å². The molecule has 1 fully saturated rings. The molecule has 28 heavy (non-hydrogen) atoms. The van der Waals surface area contributed by atoms with Crippen LogP contribution in [0.4, 0.5) is 13.2 Å². The van der Waals surface area contributed by atoms with Crippen LogP contribution in [0.15, 0.2) is 42.5 Å². The number of nitrogens with zero attached hydrogens (tertiary/aromatic N) is 1. The van der Waals surface area contributed by atoms with E-state index in [0.29, 0.717) is 12.5 Å². The van der Waals surface area contributed by atoms with Crippen LogP contribution in [0, 0.1) is 23.4 Å². The Bertz CT molecular complexity index is 767. The Morgan fingerprint density at radius 1 is 1.00 bits per heavy atom. The summed E-state index contributed by atoms with van der Waals surface area (Å²) in [5.74, 6) is -0.986. The molecular formula is C22H25F3N2O. The van der Waals surface area contributed by atoms with Crippen LogP contribution < -0.4 is 5.32 Å². The molecule has 1 amide bonds. The lowest BCUT2D eigenvalue weighted by atomic mass is 9.90. The minimum absolute atomic E-state index is 0.00408. The van der Waals surface area contributed by atoms with E-state index in [-0.39, 0.29) is 30.3 Å². The van der Waals surface area contributed by atoms with E-state index in [1.807, 2.05) is 12.1 Å². The molecule has 3 nitrogen and oxygen atoms in total. The fraction of sp³-hybridized carbons (Fsp3) is 0.409. The predicted molar refractivity (Wildman–Crippen MR) is 102 cm³/mol. The molecule has 1 saturated heterocycles. The Hall–Kier alpha value is -2.34. The lowest BCUT2D eigenvalue weighted by molar-refractivity contribution is -0.122. The van der Waals surface area contributed by atoms with Gasteiger partial charge in [-0.3, -0.25) is 9.69 Å². The third-order valence-electron chi connectivity index (χ3n) is 5.27. The van der Waals surface area contributed by atoms with Crippen molar-refractivity contribution in [3.05, 3.63) is 71.0 Å². The molecular weight excluding hydrogens is 365 g/mol. The zero-order valence-electron chi connectivity index (χ0n) is 15.8. The van der Waals surface area contributed by atoms with Crippen LogP contribution in [-0.4, -0.2) is 37.0 Å². The number of nitrogens with one attached hydrogen (secondary N) is 1. The van der Waals surface area contributed by atoms with E-state index in [1.165, 1.54) is 30.3 Å². The highest BCUT2D eigenvalue weighted by Gasteiger charge is 2.21. The van der Waals surface area contributed by atoms with Crippen LogP contribution >= 0.6 is 0 Å². The van der Waals surface area contributed by atoms with Gasteiger partial charge < -0.3 is 5.32 Å². The number of amides is 1. The highest BCUT2D eigenvalue weighted by molar-refractivity contribution is 5.78. The molecule has 2 aromatic carbocycles. The van der Waals surface area contributed by atoms with Crippen LogP contribution in [0.1, 0.15) is 24.0 Å². The molecule has 1 aliphatic rings. The number of piperidine rings is 1. The van der Waals surface area contributed by atoms with Crippen LogP contribution in [-0.2, 0) is 17.6 Å². The summed E-state index contributed by atoms with van der Waals surface area (Å²) in [5.41, 5.74) is 1.14. The summed E-state index contributed by atoms with van der Waals surface area (Å²) in [5, 5.41) is 2.74. The maximum atomic E-state index is 13.6. The monoisotopic (exact) mass is 390 g/mol. The molecule has 2 aromatic rings. The van der Waals surface area contributed by atoms with Gasteiger partial charge in [-0.25, -0.2) is 13.2 Å². The van der Waals surface area contributed by atoms with Crippen molar-refractivity contribution >= 4 is 5.91 Å². The van der Waals surface area contributed by atoms with Crippen LogP contribution in [0.2, 0.25) is 0 Å². The van der Waals surface area contributed by atoms with Crippen molar-refractivity contribution in [1.82, 2.24) is 10.2 Å². The van der Waals surface area contributed by atoms with Crippen LogP contribution in [0.3, 0.4) is 0 Å². The highest BCUT2D eigenvalue weighted by atomic mass is 19.1. The molecule has 0 aromatic heterocycles. The molecule has 0 bridgehead atoms. The van der Waals surface area contributed by atoms with Gasteiger partial charge in [-0.2, -0.15) is 0 Å². The normalized spacial score (nSPS) is 15.5. The van der Waals surface area contributed by atoms with Gasteiger partial charge in [-0.1, -0.05) is 18.2 Å². The first-order valence-corrected chi connectivity index (χ1v) is 9.67. The van der Waals surface area contributed by atoms with Gasteiger partial charge in [0.2, 0.25) is 5.91 Å². The molecule has 1 heterocycles. The van der Waals surface area contributed by atoms with Gasteiger partial charge in [0.25, 0.3) is 0 Å². The average Bonchev–Trinajstić information content (AvgIpc) is 2.67. The Morgan fingerprint density at radius 3 is 2.29 bits per heavy atom. The highest BCUT2D eigenvalue weighted by Crippen LogP contribution is 2.21. The molecule has 0 saturated carbocycles. The molecule has 6 heteroatoms. The number of carbonyl (C=O) groups excluding carboxylic acids is 1. The zero-order valence-corrected chi connectivity index (χ0v) is 15.8. The van der Waals surface area contributed by atoms with Crippen molar-refractivity contribution in [3.8, 4) is 0 Å². The minimum atomic E-state index is -0.586. The average molecular weight is 390 g/mol. The summed E-state index contributed by atoms with van der Waals surface area (Å²) in [7, 11) is 0. The van der Waals surface area contributed by atoms with E-state index >= 15 is 0 Å². The number of likely N-dealkylation sites (tertiary alicyclic amines) is 1. The number of benzene rings is 2. The van der Waals surface area contributed by atoms with Gasteiger partial charge in [-0.05, 0) is 74.5 Å². The molecule has 0 radical (unpaired) electrons. The first-order chi connectivity index (χ1) is 13.5. The Morgan fingerprint density at radius 2 is 1.64 bits per heavy atom. The van der Waals surface area contributed by atoms with E-state index in [1.54, 1.807) is 0 Å². The standard InChI is InChI=1S/C22H25F3N2O/c23-18-6-4-16(5-7-18)14-17-9-12-27(13-10-17)15-22(28)26-11-8-19-20(24)2-1-3-21(19)25/h1-7,17H,8-15H2,(H,26,28). The fourth-order valence-electron chi connectivity index (χ4n) is 3.66. The topological polar surface area (TPSA) is 32.3 Å². The maximum Gasteiger partial charge on any atom is 0.234 e. The van der Waals surface area contributed by atoms with Gasteiger partial charge in [0.15, 0.2) is 0 Å². The van der Waals surface area contributed by atoms with Crippen molar-refractivity contribution in [2.75, 3.05) is 26.2 Å². The SMILES string of the molecule is O=C(CN1CCC(Cc2ccc(F)cc2)CC1)NCCc1c(F)cccc1F. The number of hydrogen-bond donors (Lipinski definition) is 1. The van der Waals surface area contributed by atoms with Crippen molar-refractivity contribution < 1.29 is 18.0 Å². The van der Waals surface area contributed by atoms with E-state index < -0.39 is 11.6 Å². The molecule has 3 rings (SSSR count). The molecule has 1 aliphatic heterocycles. The van der Waals surface area contributed by atoms with E-state index in [0.717, 1.165) is 37.9 Å².